The minimum Gasteiger partial charge on any atom is -0.384 e. The van der Waals surface area contributed by atoms with Crippen LogP contribution in [0.1, 0.15) is 12.5 Å². The molecule has 1 unspecified atom stereocenters. The van der Waals surface area contributed by atoms with Crippen LogP contribution >= 0.6 is 46.1 Å². The molecule has 26 heavy (non-hydrogen) atoms. The lowest BCUT2D eigenvalue weighted by Crippen LogP contribution is -2.31. The Labute approximate surface area is 168 Å². The van der Waals surface area contributed by atoms with Crippen molar-refractivity contribution in [2.75, 3.05) is 11.9 Å². The number of nitrogens with zero attached hydrogens (tertiary/aromatic N) is 2. The zero-order chi connectivity index (χ0) is 18.9. The molecule has 0 amide bonds. The Balaban J connectivity index is 1.87. The van der Waals surface area contributed by atoms with Crippen LogP contribution in [0.5, 0.6) is 0 Å². The van der Waals surface area contributed by atoms with Gasteiger partial charge in [-0.3, -0.25) is 4.79 Å². The fraction of sp³-hybridized carbons (Fsp3) is 0.176. The van der Waals surface area contributed by atoms with Gasteiger partial charge in [-0.05, 0) is 47.5 Å². The molecular formula is C17H14Cl3N3O2S. The topological polar surface area (TPSA) is 67.2 Å². The van der Waals surface area contributed by atoms with Crippen molar-refractivity contribution in [1.29, 1.82) is 0 Å². The van der Waals surface area contributed by atoms with Gasteiger partial charge in [0.25, 0.3) is 5.56 Å². The van der Waals surface area contributed by atoms with Crippen LogP contribution in [-0.2, 0) is 5.60 Å². The fourth-order valence-electron chi connectivity index (χ4n) is 2.32. The molecule has 0 aliphatic heterocycles. The lowest BCUT2D eigenvalue weighted by Gasteiger charge is -2.23. The maximum atomic E-state index is 12.6. The number of rotatable bonds is 5. The van der Waals surface area contributed by atoms with E-state index in [9.17, 15) is 9.90 Å². The molecule has 9 heteroatoms. The van der Waals surface area contributed by atoms with Crippen molar-refractivity contribution >= 4 is 51.8 Å². The Kier molecular flexibility index (Phi) is 5.60. The first-order valence-electron chi connectivity index (χ1n) is 7.52. The van der Waals surface area contributed by atoms with Gasteiger partial charge in [-0.25, -0.2) is 0 Å². The summed E-state index contributed by atoms with van der Waals surface area (Å²) in [6.45, 7) is 1.84. The van der Waals surface area contributed by atoms with Gasteiger partial charge in [-0.2, -0.15) is 21.1 Å². The molecule has 2 aromatic heterocycles. The Morgan fingerprint density at radius 2 is 2.08 bits per heavy atom. The van der Waals surface area contributed by atoms with Crippen molar-refractivity contribution in [1.82, 2.24) is 9.78 Å². The van der Waals surface area contributed by atoms with E-state index in [2.05, 4.69) is 10.4 Å². The largest absolute Gasteiger partial charge is 0.384 e. The first kappa shape index (κ1) is 19.2. The van der Waals surface area contributed by atoms with Crippen molar-refractivity contribution < 1.29 is 5.11 Å². The van der Waals surface area contributed by atoms with E-state index in [4.69, 9.17) is 34.8 Å². The number of hydrogen-bond acceptors (Lipinski definition) is 5. The van der Waals surface area contributed by atoms with E-state index in [-0.39, 0.29) is 16.6 Å². The van der Waals surface area contributed by atoms with E-state index in [0.717, 1.165) is 10.2 Å². The zero-order valence-corrected chi connectivity index (χ0v) is 16.6. The molecule has 1 atom stereocenters. The third-order valence-electron chi connectivity index (χ3n) is 3.82. The van der Waals surface area contributed by atoms with E-state index in [1.807, 2.05) is 16.8 Å². The highest BCUT2D eigenvalue weighted by atomic mass is 35.5. The maximum Gasteiger partial charge on any atom is 0.292 e. The van der Waals surface area contributed by atoms with E-state index in [1.165, 1.54) is 23.6 Å². The van der Waals surface area contributed by atoms with Crippen LogP contribution in [0, 0.1) is 0 Å². The molecule has 0 radical (unpaired) electrons. The maximum absolute atomic E-state index is 12.6. The van der Waals surface area contributed by atoms with Crippen LogP contribution in [0.4, 0.5) is 5.69 Å². The summed E-state index contributed by atoms with van der Waals surface area (Å²) in [7, 11) is 0. The summed E-state index contributed by atoms with van der Waals surface area (Å²) in [5, 5.41) is 22.1. The summed E-state index contributed by atoms with van der Waals surface area (Å²) in [4.78, 5) is 12.6. The first-order valence-corrected chi connectivity index (χ1v) is 9.59. The van der Waals surface area contributed by atoms with Gasteiger partial charge in [0, 0.05) is 11.6 Å². The van der Waals surface area contributed by atoms with Gasteiger partial charge in [0.15, 0.2) is 0 Å². The molecule has 136 valence electrons. The van der Waals surface area contributed by atoms with Gasteiger partial charge in [0.05, 0.1) is 22.6 Å². The van der Waals surface area contributed by atoms with Crippen molar-refractivity contribution in [3.8, 4) is 5.69 Å². The van der Waals surface area contributed by atoms with Gasteiger partial charge in [0.2, 0.25) is 0 Å². The SMILES string of the molecule is CC(O)(CNc1cnn(-c2ccc(Cl)cc2Cl)c(=O)c1Cl)c1ccsc1. The van der Waals surface area contributed by atoms with E-state index >= 15 is 0 Å². The second kappa shape index (κ2) is 7.58. The third kappa shape index (κ3) is 3.89. The number of aromatic nitrogens is 2. The molecular weight excluding hydrogens is 417 g/mol. The zero-order valence-electron chi connectivity index (χ0n) is 13.5. The van der Waals surface area contributed by atoms with E-state index in [1.54, 1.807) is 19.1 Å². The average Bonchev–Trinajstić information content (AvgIpc) is 3.13. The van der Waals surface area contributed by atoms with Crippen LogP contribution in [0.15, 0.2) is 46.0 Å². The lowest BCUT2D eigenvalue weighted by molar-refractivity contribution is 0.0720. The van der Waals surface area contributed by atoms with Crippen LogP contribution in [0.25, 0.3) is 5.69 Å². The Morgan fingerprint density at radius 3 is 2.73 bits per heavy atom. The molecule has 2 heterocycles. The quantitative estimate of drug-likeness (QED) is 0.622. The van der Waals surface area contributed by atoms with Gasteiger partial charge in [-0.1, -0.05) is 34.8 Å². The summed E-state index contributed by atoms with van der Waals surface area (Å²) < 4.78 is 1.10. The predicted molar refractivity (Wildman–Crippen MR) is 107 cm³/mol. The molecule has 3 aromatic rings. The molecule has 0 aliphatic rings. The highest BCUT2D eigenvalue weighted by Crippen LogP contribution is 2.26. The Hall–Kier alpha value is -1.57. The van der Waals surface area contributed by atoms with Crippen molar-refractivity contribution in [2.45, 2.75) is 12.5 Å². The lowest BCUT2D eigenvalue weighted by atomic mass is 9.99. The van der Waals surface area contributed by atoms with Gasteiger partial charge < -0.3 is 10.4 Å². The van der Waals surface area contributed by atoms with Crippen molar-refractivity contribution in [2.24, 2.45) is 0 Å². The van der Waals surface area contributed by atoms with Crippen LogP contribution in [0.2, 0.25) is 15.1 Å². The number of anilines is 1. The summed E-state index contributed by atoms with van der Waals surface area (Å²) in [6.07, 6.45) is 1.42. The number of hydrogen-bond donors (Lipinski definition) is 2. The molecule has 3 rings (SSSR count). The average molecular weight is 431 g/mol. The summed E-state index contributed by atoms with van der Waals surface area (Å²) in [6, 6.07) is 6.55. The highest BCUT2D eigenvalue weighted by molar-refractivity contribution is 7.08. The molecule has 0 bridgehead atoms. The van der Waals surface area contributed by atoms with E-state index in [0.29, 0.717) is 16.4 Å². The summed E-state index contributed by atoms with van der Waals surface area (Å²) in [5.41, 5.74) is -0.165. The standard InChI is InChI=1S/C17H14Cl3N3O2S/c1-17(25,10-4-5-26-8-10)9-21-13-7-22-23(16(24)15(13)20)14-3-2-11(18)6-12(14)19/h2-8,21,25H,9H2,1H3. The minimum atomic E-state index is -1.11. The number of halogens is 3. The van der Waals surface area contributed by atoms with Gasteiger partial charge in [0.1, 0.15) is 10.6 Å². The number of thiophene rings is 1. The molecule has 0 spiro atoms. The Bertz CT molecular complexity index is 987. The van der Waals surface area contributed by atoms with Crippen LogP contribution in [0.3, 0.4) is 0 Å². The molecule has 0 fully saturated rings. The summed E-state index contributed by atoms with van der Waals surface area (Å²) in [5.74, 6) is 0. The molecule has 1 aromatic carbocycles. The molecule has 2 N–H and O–H groups in total. The molecule has 0 saturated heterocycles. The van der Waals surface area contributed by atoms with Crippen molar-refractivity contribution in [3.05, 3.63) is 72.2 Å². The normalized spacial score (nSPS) is 13.4. The van der Waals surface area contributed by atoms with Crippen LogP contribution in [-0.4, -0.2) is 21.4 Å². The van der Waals surface area contributed by atoms with Crippen molar-refractivity contribution in [3.63, 3.8) is 0 Å². The number of benzene rings is 1. The molecule has 5 nitrogen and oxygen atoms in total. The highest BCUT2D eigenvalue weighted by Gasteiger charge is 2.24. The minimum absolute atomic E-state index is 0.0489. The fourth-order valence-corrected chi connectivity index (χ4v) is 3.79. The Morgan fingerprint density at radius 1 is 1.31 bits per heavy atom. The first-order chi connectivity index (χ1) is 12.3. The van der Waals surface area contributed by atoms with Gasteiger partial charge in [-0.15, -0.1) is 0 Å². The monoisotopic (exact) mass is 429 g/mol. The second-order valence-corrected chi connectivity index (χ2v) is 7.83. The summed E-state index contributed by atoms with van der Waals surface area (Å²) >= 11 is 19.7. The third-order valence-corrected chi connectivity index (χ3v) is 5.41. The second-order valence-electron chi connectivity index (χ2n) is 5.82. The van der Waals surface area contributed by atoms with E-state index < -0.39 is 11.2 Å². The number of nitrogens with one attached hydrogen (secondary N) is 1. The smallest absolute Gasteiger partial charge is 0.292 e. The van der Waals surface area contributed by atoms with Gasteiger partial charge >= 0.3 is 0 Å². The van der Waals surface area contributed by atoms with Crippen LogP contribution < -0.4 is 10.9 Å². The number of aliphatic hydroxyl groups is 1. The predicted octanol–water partition coefficient (Wildman–Crippen LogP) is 4.57. The molecule has 0 saturated carbocycles. The molecule has 0 aliphatic carbocycles.